The molecule has 0 heterocycles. The molecule has 0 aromatic heterocycles. The van der Waals surface area contributed by atoms with E-state index in [1.807, 2.05) is 13.8 Å². The normalized spacial score (nSPS) is 13.5. The molecule has 0 fully saturated rings. The van der Waals surface area contributed by atoms with Crippen LogP contribution in [-0.4, -0.2) is 24.1 Å². The number of carbonyl (C=O) groups excluding carboxylic acids is 2. The second-order valence-electron chi connectivity index (χ2n) is 5.89. The van der Waals surface area contributed by atoms with Crippen molar-refractivity contribution in [1.29, 1.82) is 0 Å². The van der Waals surface area contributed by atoms with Gasteiger partial charge in [-0.25, -0.2) is 0 Å². The van der Waals surface area contributed by atoms with Gasteiger partial charge in [-0.2, -0.15) is 0 Å². The molecule has 0 aliphatic rings. The monoisotopic (exact) mass is 300 g/mol. The SMILES string of the molecule is CC(=O)OC(C)CCCCCCCCC[C@H](C)OC(C)=O. The lowest BCUT2D eigenvalue weighted by molar-refractivity contribution is -0.146. The maximum Gasteiger partial charge on any atom is 0.302 e. The van der Waals surface area contributed by atoms with Gasteiger partial charge in [-0.15, -0.1) is 0 Å². The van der Waals surface area contributed by atoms with Crippen LogP contribution in [0.15, 0.2) is 0 Å². The summed E-state index contributed by atoms with van der Waals surface area (Å²) in [5.41, 5.74) is 0. The van der Waals surface area contributed by atoms with Crippen LogP contribution in [0.2, 0.25) is 0 Å². The Morgan fingerprint density at radius 2 is 0.952 bits per heavy atom. The summed E-state index contributed by atoms with van der Waals surface area (Å²) < 4.78 is 10.2. The number of hydrogen-bond donors (Lipinski definition) is 0. The number of carbonyl (C=O) groups is 2. The molecule has 0 aromatic rings. The molecule has 21 heavy (non-hydrogen) atoms. The second kappa shape index (κ2) is 12.7. The summed E-state index contributed by atoms with van der Waals surface area (Å²) in [6.45, 7) is 6.81. The predicted octanol–water partition coefficient (Wildman–Crippen LogP) is 4.40. The third-order valence-electron chi connectivity index (χ3n) is 3.46. The van der Waals surface area contributed by atoms with Gasteiger partial charge in [0.25, 0.3) is 0 Å². The zero-order valence-electron chi connectivity index (χ0n) is 14.2. The van der Waals surface area contributed by atoms with Crippen molar-refractivity contribution < 1.29 is 19.1 Å². The molecule has 1 unspecified atom stereocenters. The fraction of sp³-hybridized carbons (Fsp3) is 0.882. The Bertz CT molecular complexity index is 261. The molecule has 0 amide bonds. The van der Waals surface area contributed by atoms with Gasteiger partial charge in [-0.3, -0.25) is 9.59 Å². The molecule has 0 N–H and O–H groups in total. The van der Waals surface area contributed by atoms with Gasteiger partial charge in [0, 0.05) is 13.8 Å². The summed E-state index contributed by atoms with van der Waals surface area (Å²) in [4.78, 5) is 21.5. The standard InChI is InChI=1S/C17H32O4/c1-14(20-16(3)18)12-10-8-6-5-7-9-11-13-15(2)21-17(4)19/h14-15H,5-13H2,1-4H3/t14-,15?/m0/s1. The van der Waals surface area contributed by atoms with Crippen LogP contribution in [0.5, 0.6) is 0 Å². The smallest absolute Gasteiger partial charge is 0.302 e. The van der Waals surface area contributed by atoms with Crippen molar-refractivity contribution in [3.05, 3.63) is 0 Å². The van der Waals surface area contributed by atoms with Crippen LogP contribution in [0.25, 0.3) is 0 Å². The molecule has 0 saturated heterocycles. The largest absolute Gasteiger partial charge is 0.463 e. The first-order valence-electron chi connectivity index (χ1n) is 8.26. The zero-order valence-corrected chi connectivity index (χ0v) is 14.2. The van der Waals surface area contributed by atoms with Crippen LogP contribution < -0.4 is 0 Å². The molecule has 0 spiro atoms. The Morgan fingerprint density at radius 3 is 1.24 bits per heavy atom. The fourth-order valence-corrected chi connectivity index (χ4v) is 2.43. The van der Waals surface area contributed by atoms with Gasteiger partial charge in [0.05, 0.1) is 12.2 Å². The predicted molar refractivity (Wildman–Crippen MR) is 84.0 cm³/mol. The molecule has 4 nitrogen and oxygen atoms in total. The average Bonchev–Trinajstić information content (AvgIpc) is 2.34. The number of ether oxygens (including phenoxy) is 2. The zero-order chi connectivity index (χ0) is 16.1. The molecule has 0 rings (SSSR count). The fourth-order valence-electron chi connectivity index (χ4n) is 2.43. The van der Waals surface area contributed by atoms with Crippen LogP contribution in [0, 0.1) is 0 Å². The number of rotatable bonds is 12. The highest BCUT2D eigenvalue weighted by Crippen LogP contribution is 2.13. The first kappa shape index (κ1) is 19.9. The van der Waals surface area contributed by atoms with Crippen LogP contribution in [0.4, 0.5) is 0 Å². The lowest BCUT2D eigenvalue weighted by Gasteiger charge is -2.11. The minimum Gasteiger partial charge on any atom is -0.463 e. The van der Waals surface area contributed by atoms with Crippen molar-refractivity contribution in [3.63, 3.8) is 0 Å². The molecular weight excluding hydrogens is 268 g/mol. The van der Waals surface area contributed by atoms with Crippen molar-refractivity contribution in [2.75, 3.05) is 0 Å². The number of hydrogen-bond acceptors (Lipinski definition) is 4. The van der Waals surface area contributed by atoms with Crippen molar-refractivity contribution in [2.24, 2.45) is 0 Å². The van der Waals surface area contributed by atoms with Crippen molar-refractivity contribution in [3.8, 4) is 0 Å². The van der Waals surface area contributed by atoms with E-state index in [0.717, 1.165) is 25.7 Å². The summed E-state index contributed by atoms with van der Waals surface area (Å²) in [7, 11) is 0. The van der Waals surface area contributed by atoms with E-state index in [1.165, 1.54) is 46.0 Å². The molecular formula is C17H32O4. The number of unbranched alkanes of at least 4 members (excludes halogenated alkanes) is 6. The van der Waals surface area contributed by atoms with Gasteiger partial charge < -0.3 is 9.47 Å². The molecule has 0 aliphatic heterocycles. The van der Waals surface area contributed by atoms with Crippen LogP contribution in [0.3, 0.4) is 0 Å². The Kier molecular flexibility index (Phi) is 12.0. The summed E-state index contributed by atoms with van der Waals surface area (Å²) in [5, 5.41) is 0. The van der Waals surface area contributed by atoms with Crippen molar-refractivity contribution in [2.45, 2.75) is 97.7 Å². The molecule has 0 saturated carbocycles. The Hall–Kier alpha value is -1.06. The third-order valence-corrected chi connectivity index (χ3v) is 3.46. The van der Waals surface area contributed by atoms with E-state index in [1.54, 1.807) is 0 Å². The quantitative estimate of drug-likeness (QED) is 0.396. The highest BCUT2D eigenvalue weighted by molar-refractivity contribution is 5.66. The molecule has 0 radical (unpaired) electrons. The van der Waals surface area contributed by atoms with Gasteiger partial charge in [0.2, 0.25) is 0 Å². The highest BCUT2D eigenvalue weighted by atomic mass is 16.5. The minimum atomic E-state index is -0.189. The molecule has 0 bridgehead atoms. The van der Waals surface area contributed by atoms with E-state index in [0.29, 0.717) is 0 Å². The second-order valence-corrected chi connectivity index (χ2v) is 5.89. The van der Waals surface area contributed by atoms with Gasteiger partial charge in [0.1, 0.15) is 0 Å². The maximum absolute atomic E-state index is 10.7. The van der Waals surface area contributed by atoms with E-state index in [9.17, 15) is 9.59 Å². The first-order valence-corrected chi connectivity index (χ1v) is 8.26. The van der Waals surface area contributed by atoms with Gasteiger partial charge in [0.15, 0.2) is 0 Å². The maximum atomic E-state index is 10.7. The average molecular weight is 300 g/mol. The highest BCUT2D eigenvalue weighted by Gasteiger charge is 2.05. The molecule has 2 atom stereocenters. The summed E-state index contributed by atoms with van der Waals surface area (Å²) in [6.07, 6.45) is 10.4. The van der Waals surface area contributed by atoms with Crippen molar-refractivity contribution in [1.82, 2.24) is 0 Å². The van der Waals surface area contributed by atoms with Crippen LogP contribution in [0.1, 0.15) is 85.5 Å². The van der Waals surface area contributed by atoms with Crippen LogP contribution in [-0.2, 0) is 19.1 Å². The Morgan fingerprint density at radius 1 is 0.667 bits per heavy atom. The van der Waals surface area contributed by atoms with E-state index in [-0.39, 0.29) is 24.1 Å². The van der Waals surface area contributed by atoms with Gasteiger partial charge in [-0.1, -0.05) is 32.1 Å². The van der Waals surface area contributed by atoms with Crippen LogP contribution >= 0.6 is 0 Å². The van der Waals surface area contributed by atoms with Crippen molar-refractivity contribution >= 4 is 11.9 Å². The van der Waals surface area contributed by atoms with Gasteiger partial charge >= 0.3 is 11.9 Å². The Balaban J connectivity index is 3.26. The number of esters is 2. The molecule has 4 heteroatoms. The molecule has 0 aliphatic carbocycles. The first-order chi connectivity index (χ1) is 9.91. The summed E-state index contributed by atoms with van der Waals surface area (Å²) in [6, 6.07) is 0. The molecule has 124 valence electrons. The summed E-state index contributed by atoms with van der Waals surface area (Å²) >= 11 is 0. The third kappa shape index (κ3) is 15.2. The minimum absolute atomic E-state index is 0.0465. The lowest BCUT2D eigenvalue weighted by Crippen LogP contribution is -2.11. The van der Waals surface area contributed by atoms with E-state index in [2.05, 4.69) is 0 Å². The Labute approximate surface area is 129 Å². The van der Waals surface area contributed by atoms with E-state index in [4.69, 9.17) is 9.47 Å². The molecule has 0 aromatic carbocycles. The topological polar surface area (TPSA) is 52.6 Å². The summed E-state index contributed by atoms with van der Waals surface area (Å²) in [5.74, 6) is -0.379. The van der Waals surface area contributed by atoms with E-state index < -0.39 is 0 Å². The van der Waals surface area contributed by atoms with E-state index >= 15 is 0 Å². The lowest BCUT2D eigenvalue weighted by atomic mass is 10.0. The van der Waals surface area contributed by atoms with Gasteiger partial charge in [-0.05, 0) is 39.5 Å².